The van der Waals surface area contributed by atoms with E-state index in [4.69, 9.17) is 16.3 Å². The predicted octanol–water partition coefficient (Wildman–Crippen LogP) is 3.14. The van der Waals surface area contributed by atoms with Gasteiger partial charge in [-0.2, -0.15) is 0 Å². The number of carbonyl (C=O) groups is 2. The first-order chi connectivity index (χ1) is 11.8. The minimum atomic E-state index is -1.14. The molecule has 1 aromatic carbocycles. The van der Waals surface area contributed by atoms with Crippen LogP contribution in [0.3, 0.4) is 0 Å². The Kier molecular flexibility index (Phi) is 5.66. The number of amides is 1. The molecule has 0 aliphatic heterocycles. The molecule has 130 valence electrons. The molecule has 0 saturated heterocycles. The molecule has 0 aliphatic carbocycles. The van der Waals surface area contributed by atoms with Crippen molar-refractivity contribution in [2.75, 3.05) is 5.32 Å². The molecule has 1 aromatic heterocycles. The quantitative estimate of drug-likeness (QED) is 0.378. The van der Waals surface area contributed by atoms with Gasteiger partial charge in [0.15, 0.2) is 11.3 Å². The molecule has 0 fully saturated rings. The Morgan fingerprint density at radius 1 is 1.36 bits per heavy atom. The summed E-state index contributed by atoms with van der Waals surface area (Å²) in [5.74, 6) is -1.45. The zero-order valence-corrected chi connectivity index (χ0v) is 14.1. The van der Waals surface area contributed by atoms with Crippen molar-refractivity contribution in [3.63, 3.8) is 0 Å². The standard InChI is InChI=1S/C16H14ClN3O5/c1-9-5-6-11(8-13(9)20(23)24)16(22)25-10(2)15(21)19-12-4-3-7-18-14(12)17/h3-8,10H,1-2H3,(H,19,21). The first-order valence-corrected chi connectivity index (χ1v) is 7.54. The SMILES string of the molecule is Cc1ccc(C(=O)OC(C)C(=O)Nc2cccnc2Cl)cc1[N+](=O)[O-]. The van der Waals surface area contributed by atoms with Gasteiger partial charge in [0.25, 0.3) is 11.6 Å². The second-order valence-corrected chi connectivity index (χ2v) is 5.49. The van der Waals surface area contributed by atoms with Crippen LogP contribution in [-0.4, -0.2) is 27.9 Å². The predicted molar refractivity (Wildman–Crippen MR) is 90.6 cm³/mol. The van der Waals surface area contributed by atoms with Gasteiger partial charge in [0.2, 0.25) is 0 Å². The minimum Gasteiger partial charge on any atom is -0.449 e. The summed E-state index contributed by atoms with van der Waals surface area (Å²) in [6, 6.07) is 7.08. The van der Waals surface area contributed by atoms with E-state index < -0.39 is 22.9 Å². The van der Waals surface area contributed by atoms with Gasteiger partial charge in [0.1, 0.15) is 0 Å². The van der Waals surface area contributed by atoms with Crippen LogP contribution in [0.25, 0.3) is 0 Å². The highest BCUT2D eigenvalue weighted by atomic mass is 35.5. The largest absolute Gasteiger partial charge is 0.449 e. The van der Waals surface area contributed by atoms with Gasteiger partial charge in [-0.25, -0.2) is 9.78 Å². The van der Waals surface area contributed by atoms with Crippen molar-refractivity contribution in [3.8, 4) is 0 Å². The van der Waals surface area contributed by atoms with Gasteiger partial charge in [-0.05, 0) is 32.0 Å². The van der Waals surface area contributed by atoms with Crippen LogP contribution in [0.4, 0.5) is 11.4 Å². The van der Waals surface area contributed by atoms with Gasteiger partial charge in [-0.15, -0.1) is 0 Å². The number of hydrogen-bond acceptors (Lipinski definition) is 6. The van der Waals surface area contributed by atoms with Crippen LogP contribution in [0.2, 0.25) is 5.15 Å². The van der Waals surface area contributed by atoms with E-state index in [1.807, 2.05) is 0 Å². The molecule has 0 saturated carbocycles. The Balaban J connectivity index is 2.07. The summed E-state index contributed by atoms with van der Waals surface area (Å²) in [6.45, 7) is 2.93. The first-order valence-electron chi connectivity index (χ1n) is 7.17. The summed E-state index contributed by atoms with van der Waals surface area (Å²) in [5.41, 5.74) is 0.478. The molecule has 1 heterocycles. The smallest absolute Gasteiger partial charge is 0.339 e. The number of hydrogen-bond donors (Lipinski definition) is 1. The molecule has 1 atom stereocenters. The molecule has 1 N–H and O–H groups in total. The van der Waals surface area contributed by atoms with E-state index in [0.717, 1.165) is 6.07 Å². The molecule has 1 unspecified atom stereocenters. The zero-order valence-electron chi connectivity index (χ0n) is 13.4. The van der Waals surface area contributed by atoms with Crippen molar-refractivity contribution >= 4 is 34.9 Å². The highest BCUT2D eigenvalue weighted by molar-refractivity contribution is 6.32. The molecular weight excluding hydrogens is 350 g/mol. The monoisotopic (exact) mass is 363 g/mol. The molecule has 2 rings (SSSR count). The maximum Gasteiger partial charge on any atom is 0.339 e. The lowest BCUT2D eigenvalue weighted by Gasteiger charge is -2.14. The number of anilines is 1. The fraction of sp³-hybridized carbons (Fsp3) is 0.188. The zero-order chi connectivity index (χ0) is 18.6. The summed E-state index contributed by atoms with van der Waals surface area (Å²) in [7, 11) is 0. The van der Waals surface area contributed by atoms with Crippen LogP contribution >= 0.6 is 11.6 Å². The van der Waals surface area contributed by atoms with Crippen molar-refractivity contribution in [1.82, 2.24) is 4.98 Å². The van der Waals surface area contributed by atoms with Crippen LogP contribution < -0.4 is 5.32 Å². The molecule has 0 aliphatic rings. The van der Waals surface area contributed by atoms with Gasteiger partial charge < -0.3 is 10.1 Å². The number of aryl methyl sites for hydroxylation is 1. The van der Waals surface area contributed by atoms with Crippen molar-refractivity contribution in [2.24, 2.45) is 0 Å². The summed E-state index contributed by atoms with van der Waals surface area (Å²) in [6.07, 6.45) is 0.329. The number of pyridine rings is 1. The Hall–Kier alpha value is -3.00. The number of nitro groups is 1. The van der Waals surface area contributed by atoms with E-state index in [2.05, 4.69) is 10.3 Å². The van der Waals surface area contributed by atoms with Gasteiger partial charge in [-0.1, -0.05) is 17.7 Å². The Bertz CT molecular complexity index is 840. The lowest BCUT2D eigenvalue weighted by Crippen LogP contribution is -2.30. The van der Waals surface area contributed by atoms with Crippen molar-refractivity contribution in [2.45, 2.75) is 20.0 Å². The maximum absolute atomic E-state index is 12.1. The van der Waals surface area contributed by atoms with Crippen molar-refractivity contribution in [3.05, 3.63) is 62.9 Å². The molecular formula is C16H14ClN3O5. The van der Waals surface area contributed by atoms with Crippen LogP contribution in [0.1, 0.15) is 22.8 Å². The Morgan fingerprint density at radius 3 is 2.72 bits per heavy atom. The second-order valence-electron chi connectivity index (χ2n) is 5.14. The van der Waals surface area contributed by atoms with Gasteiger partial charge in [-0.3, -0.25) is 14.9 Å². The van der Waals surface area contributed by atoms with Gasteiger partial charge in [0.05, 0.1) is 16.2 Å². The third kappa shape index (κ3) is 4.51. The van der Waals surface area contributed by atoms with Crippen LogP contribution in [0.5, 0.6) is 0 Å². The van der Waals surface area contributed by atoms with E-state index >= 15 is 0 Å². The van der Waals surface area contributed by atoms with E-state index in [-0.39, 0.29) is 22.1 Å². The average molecular weight is 364 g/mol. The third-order valence-electron chi connectivity index (χ3n) is 3.31. The fourth-order valence-corrected chi connectivity index (χ4v) is 2.10. The number of benzene rings is 1. The topological polar surface area (TPSA) is 111 Å². The Labute approximate surface area is 147 Å². The van der Waals surface area contributed by atoms with E-state index in [1.165, 1.54) is 25.3 Å². The minimum absolute atomic E-state index is 0.0173. The van der Waals surface area contributed by atoms with Crippen LogP contribution in [0.15, 0.2) is 36.5 Å². The molecule has 25 heavy (non-hydrogen) atoms. The fourth-order valence-electron chi connectivity index (χ4n) is 1.93. The summed E-state index contributed by atoms with van der Waals surface area (Å²) < 4.78 is 5.05. The maximum atomic E-state index is 12.1. The number of esters is 1. The Morgan fingerprint density at radius 2 is 2.08 bits per heavy atom. The number of aromatic nitrogens is 1. The van der Waals surface area contributed by atoms with Crippen molar-refractivity contribution < 1.29 is 19.2 Å². The lowest BCUT2D eigenvalue weighted by molar-refractivity contribution is -0.385. The molecule has 9 heteroatoms. The van der Waals surface area contributed by atoms with Gasteiger partial charge >= 0.3 is 5.97 Å². The van der Waals surface area contributed by atoms with E-state index in [0.29, 0.717) is 5.56 Å². The number of nitrogens with one attached hydrogen (secondary N) is 1. The number of rotatable bonds is 5. The highest BCUT2D eigenvalue weighted by Gasteiger charge is 2.22. The molecule has 2 aromatic rings. The molecule has 8 nitrogen and oxygen atoms in total. The first kappa shape index (κ1) is 18.3. The lowest BCUT2D eigenvalue weighted by atomic mass is 10.1. The second kappa shape index (κ2) is 7.71. The number of ether oxygens (including phenoxy) is 1. The molecule has 1 amide bonds. The van der Waals surface area contributed by atoms with Crippen molar-refractivity contribution in [1.29, 1.82) is 0 Å². The summed E-state index contributed by atoms with van der Waals surface area (Å²) in [5, 5.41) is 13.5. The summed E-state index contributed by atoms with van der Waals surface area (Å²) in [4.78, 5) is 38.3. The van der Waals surface area contributed by atoms with Crippen LogP contribution in [-0.2, 0) is 9.53 Å². The highest BCUT2D eigenvalue weighted by Crippen LogP contribution is 2.21. The average Bonchev–Trinajstić information content (AvgIpc) is 2.56. The number of nitrogens with zero attached hydrogens (tertiary/aromatic N) is 2. The normalized spacial score (nSPS) is 11.5. The number of nitro benzene ring substituents is 1. The molecule has 0 bridgehead atoms. The van der Waals surface area contributed by atoms with E-state index in [9.17, 15) is 19.7 Å². The van der Waals surface area contributed by atoms with E-state index in [1.54, 1.807) is 19.1 Å². The molecule has 0 radical (unpaired) electrons. The number of carbonyl (C=O) groups excluding carboxylic acids is 2. The van der Waals surface area contributed by atoms with Crippen LogP contribution in [0, 0.1) is 17.0 Å². The summed E-state index contributed by atoms with van der Waals surface area (Å²) >= 11 is 5.84. The number of halogens is 1. The third-order valence-corrected chi connectivity index (χ3v) is 3.61. The molecule has 0 spiro atoms. The van der Waals surface area contributed by atoms with Gasteiger partial charge in [0, 0.05) is 17.8 Å².